The van der Waals surface area contributed by atoms with Crippen LogP contribution in [0.25, 0.3) is 0 Å². The first-order valence-corrected chi connectivity index (χ1v) is 6.66. The summed E-state index contributed by atoms with van der Waals surface area (Å²) >= 11 is 1.54. The van der Waals surface area contributed by atoms with Gasteiger partial charge in [-0.2, -0.15) is 5.10 Å². The van der Waals surface area contributed by atoms with Gasteiger partial charge >= 0.3 is 5.97 Å². The molecule has 7 heteroatoms. The Balaban J connectivity index is 1.98. The molecule has 0 spiro atoms. The minimum absolute atomic E-state index is 0.310. The van der Waals surface area contributed by atoms with E-state index in [2.05, 4.69) is 10.2 Å². The van der Waals surface area contributed by atoms with Gasteiger partial charge in [-0.05, 0) is 29.5 Å². The van der Waals surface area contributed by atoms with E-state index >= 15 is 0 Å². The molecule has 0 fully saturated rings. The molecule has 0 aromatic carbocycles. The second-order valence-corrected chi connectivity index (χ2v) is 5.26. The SMILES string of the molecule is O=C(O)C1c2ccsc2CCN1C(=O)c1ccn[nH]1. The number of fused-ring (bicyclic) bond motifs is 1. The molecule has 1 unspecified atom stereocenters. The van der Waals surface area contributed by atoms with Gasteiger partial charge in [0.1, 0.15) is 5.69 Å². The third-order valence-corrected chi connectivity index (χ3v) is 4.19. The minimum Gasteiger partial charge on any atom is -0.479 e. The number of amides is 1. The van der Waals surface area contributed by atoms with Gasteiger partial charge in [0.2, 0.25) is 0 Å². The lowest BCUT2D eigenvalue weighted by molar-refractivity contribution is -0.142. The van der Waals surface area contributed by atoms with Crippen molar-refractivity contribution in [2.75, 3.05) is 6.54 Å². The highest BCUT2D eigenvalue weighted by Gasteiger charge is 2.37. The van der Waals surface area contributed by atoms with Crippen molar-refractivity contribution in [2.45, 2.75) is 12.5 Å². The summed E-state index contributed by atoms with van der Waals surface area (Å²) < 4.78 is 0. The zero-order valence-corrected chi connectivity index (χ0v) is 10.7. The van der Waals surface area contributed by atoms with Crippen molar-refractivity contribution in [3.05, 3.63) is 39.8 Å². The van der Waals surface area contributed by atoms with Crippen molar-refractivity contribution in [3.8, 4) is 0 Å². The van der Waals surface area contributed by atoms with E-state index in [9.17, 15) is 14.7 Å². The van der Waals surface area contributed by atoms with E-state index in [0.717, 1.165) is 10.4 Å². The van der Waals surface area contributed by atoms with Gasteiger partial charge in [-0.25, -0.2) is 4.79 Å². The highest BCUT2D eigenvalue weighted by Crippen LogP contribution is 2.34. The Morgan fingerprint density at radius 1 is 1.47 bits per heavy atom. The second-order valence-electron chi connectivity index (χ2n) is 4.26. The second kappa shape index (κ2) is 4.51. The van der Waals surface area contributed by atoms with Gasteiger partial charge in [-0.1, -0.05) is 0 Å². The normalized spacial score (nSPS) is 18.1. The van der Waals surface area contributed by atoms with Crippen LogP contribution in [-0.4, -0.2) is 38.6 Å². The van der Waals surface area contributed by atoms with Crippen molar-refractivity contribution in [1.82, 2.24) is 15.1 Å². The number of carbonyl (C=O) groups excluding carboxylic acids is 1. The number of carbonyl (C=O) groups is 2. The predicted octanol–water partition coefficient (Wildman–Crippen LogP) is 1.30. The summed E-state index contributed by atoms with van der Waals surface area (Å²) in [5.74, 6) is -1.34. The molecule has 1 aliphatic rings. The van der Waals surface area contributed by atoms with Gasteiger partial charge in [0.05, 0.1) is 0 Å². The highest BCUT2D eigenvalue weighted by molar-refractivity contribution is 7.10. The van der Waals surface area contributed by atoms with E-state index in [1.165, 1.54) is 22.4 Å². The van der Waals surface area contributed by atoms with Gasteiger partial charge in [0, 0.05) is 17.6 Å². The van der Waals surface area contributed by atoms with Crippen LogP contribution in [0.5, 0.6) is 0 Å². The lowest BCUT2D eigenvalue weighted by atomic mass is 9.99. The number of thiophene rings is 1. The molecule has 0 saturated carbocycles. The van der Waals surface area contributed by atoms with Crippen molar-refractivity contribution < 1.29 is 14.7 Å². The first kappa shape index (κ1) is 11.9. The lowest BCUT2D eigenvalue weighted by Gasteiger charge is -2.32. The summed E-state index contributed by atoms with van der Waals surface area (Å²) in [6.07, 6.45) is 2.17. The van der Waals surface area contributed by atoms with Crippen LogP contribution in [0.15, 0.2) is 23.7 Å². The maximum Gasteiger partial charge on any atom is 0.331 e. The number of carboxylic acids is 1. The number of hydrogen-bond acceptors (Lipinski definition) is 4. The van der Waals surface area contributed by atoms with Crippen molar-refractivity contribution in [2.24, 2.45) is 0 Å². The fourth-order valence-electron chi connectivity index (χ4n) is 2.33. The zero-order valence-electron chi connectivity index (χ0n) is 9.87. The Bertz CT molecular complexity index is 620. The van der Waals surface area contributed by atoms with Gasteiger partial charge < -0.3 is 10.0 Å². The van der Waals surface area contributed by atoms with Crippen LogP contribution in [-0.2, 0) is 11.2 Å². The maximum absolute atomic E-state index is 12.3. The largest absolute Gasteiger partial charge is 0.479 e. The van der Waals surface area contributed by atoms with Crippen LogP contribution in [0.4, 0.5) is 0 Å². The molecule has 0 saturated heterocycles. The number of carboxylic acid groups (broad SMARTS) is 1. The summed E-state index contributed by atoms with van der Waals surface area (Å²) in [5, 5.41) is 17.6. The van der Waals surface area contributed by atoms with E-state index in [1.54, 1.807) is 12.1 Å². The molecule has 1 aliphatic heterocycles. The average Bonchev–Trinajstić information content (AvgIpc) is 3.06. The molecule has 6 nitrogen and oxygen atoms in total. The van der Waals surface area contributed by atoms with Gasteiger partial charge in [0.25, 0.3) is 5.91 Å². The molecule has 0 radical (unpaired) electrons. The number of hydrogen-bond donors (Lipinski definition) is 2. The van der Waals surface area contributed by atoms with E-state index < -0.39 is 12.0 Å². The van der Waals surface area contributed by atoms with Gasteiger partial charge in [-0.15, -0.1) is 11.3 Å². The summed E-state index contributed by atoms with van der Waals surface area (Å²) in [4.78, 5) is 26.2. The number of rotatable bonds is 2. The van der Waals surface area contributed by atoms with Crippen LogP contribution >= 0.6 is 11.3 Å². The summed E-state index contributed by atoms with van der Waals surface area (Å²) in [6, 6.07) is 2.42. The zero-order chi connectivity index (χ0) is 13.4. The Morgan fingerprint density at radius 3 is 3.00 bits per heavy atom. The van der Waals surface area contributed by atoms with Crippen LogP contribution in [0.1, 0.15) is 27.0 Å². The molecule has 1 amide bonds. The molecule has 1 atom stereocenters. The molecular formula is C12H11N3O3S. The van der Waals surface area contributed by atoms with Crippen LogP contribution < -0.4 is 0 Å². The first-order chi connectivity index (χ1) is 9.18. The lowest BCUT2D eigenvalue weighted by Crippen LogP contribution is -2.43. The quantitative estimate of drug-likeness (QED) is 0.866. The molecule has 2 aromatic rings. The standard InChI is InChI=1S/C12H11N3O3S/c16-11(8-1-4-13-14-8)15-5-2-9-7(3-6-19-9)10(15)12(17)18/h1,3-4,6,10H,2,5H2,(H,13,14)(H,17,18). The molecule has 3 rings (SSSR count). The summed E-state index contributed by atoms with van der Waals surface area (Å²) in [6.45, 7) is 0.405. The van der Waals surface area contributed by atoms with Crippen molar-refractivity contribution >= 4 is 23.2 Å². The molecule has 19 heavy (non-hydrogen) atoms. The summed E-state index contributed by atoms with van der Waals surface area (Å²) in [7, 11) is 0. The fraction of sp³-hybridized carbons (Fsp3) is 0.250. The average molecular weight is 277 g/mol. The van der Waals surface area contributed by atoms with Gasteiger partial charge in [-0.3, -0.25) is 9.89 Å². The monoisotopic (exact) mass is 277 g/mol. The minimum atomic E-state index is -1.01. The molecule has 2 aromatic heterocycles. The Kier molecular flexibility index (Phi) is 2.83. The Morgan fingerprint density at radius 2 is 2.32 bits per heavy atom. The number of aromatic amines is 1. The van der Waals surface area contributed by atoms with E-state index in [-0.39, 0.29) is 5.91 Å². The third kappa shape index (κ3) is 1.91. The van der Waals surface area contributed by atoms with E-state index in [4.69, 9.17) is 0 Å². The fourth-order valence-corrected chi connectivity index (χ4v) is 3.23. The van der Waals surface area contributed by atoms with Gasteiger partial charge in [0.15, 0.2) is 6.04 Å². The number of H-pyrrole nitrogens is 1. The van der Waals surface area contributed by atoms with E-state index in [1.807, 2.05) is 5.38 Å². The van der Waals surface area contributed by atoms with Crippen LogP contribution in [0.2, 0.25) is 0 Å². The summed E-state index contributed by atoms with van der Waals surface area (Å²) in [5.41, 5.74) is 1.03. The number of nitrogens with one attached hydrogen (secondary N) is 1. The molecule has 0 aliphatic carbocycles. The number of aliphatic carboxylic acids is 1. The highest BCUT2D eigenvalue weighted by atomic mass is 32.1. The number of nitrogens with zero attached hydrogens (tertiary/aromatic N) is 2. The molecule has 98 valence electrons. The first-order valence-electron chi connectivity index (χ1n) is 5.78. The predicted molar refractivity (Wildman–Crippen MR) is 68.0 cm³/mol. The van der Waals surface area contributed by atoms with Crippen LogP contribution in [0.3, 0.4) is 0 Å². The maximum atomic E-state index is 12.3. The van der Waals surface area contributed by atoms with Crippen molar-refractivity contribution in [3.63, 3.8) is 0 Å². The van der Waals surface area contributed by atoms with E-state index in [0.29, 0.717) is 18.7 Å². The molecular weight excluding hydrogens is 266 g/mol. The molecule has 2 N–H and O–H groups in total. The smallest absolute Gasteiger partial charge is 0.331 e. The molecule has 3 heterocycles. The van der Waals surface area contributed by atoms with Crippen molar-refractivity contribution in [1.29, 1.82) is 0 Å². The number of aromatic nitrogens is 2. The van der Waals surface area contributed by atoms with Crippen LogP contribution in [0, 0.1) is 0 Å². The molecule has 0 bridgehead atoms. The Labute approximate surface area is 112 Å². The third-order valence-electron chi connectivity index (χ3n) is 3.19. The topological polar surface area (TPSA) is 86.3 Å². The Hall–Kier alpha value is -2.15.